The van der Waals surface area contributed by atoms with Crippen molar-refractivity contribution in [1.29, 1.82) is 0 Å². The van der Waals surface area contributed by atoms with Crippen molar-refractivity contribution < 1.29 is 18.7 Å². The highest BCUT2D eigenvalue weighted by Gasteiger charge is 2.29. The Hall–Kier alpha value is -2.51. The highest BCUT2D eigenvalue weighted by atomic mass is 19.1. The first-order valence-corrected chi connectivity index (χ1v) is 8.97. The van der Waals surface area contributed by atoms with Crippen LogP contribution >= 0.6 is 0 Å². The van der Waals surface area contributed by atoms with Gasteiger partial charge >= 0.3 is 0 Å². The molecular weight excluding hydrogens is 349 g/mol. The summed E-state index contributed by atoms with van der Waals surface area (Å²) >= 11 is 0. The number of carbonyl (C=O) groups is 1. The first kappa shape index (κ1) is 19.3. The summed E-state index contributed by atoms with van der Waals surface area (Å²) in [4.78, 5) is 18.4. The molecule has 27 heavy (non-hydrogen) atoms. The topological polar surface area (TPSA) is 63.7 Å². The Balaban J connectivity index is 1.53. The standard InChI is InChI=1S/C20H24FN3O3/c1-24(12-15-4-3-8-22-11-15)13-20(25)23-18-14-26-9-7-19(18)27-17-6-2-5-16(21)10-17/h2-6,8,10-11,18-19H,7,9,12-14H2,1H3,(H,23,25). The Morgan fingerprint density at radius 1 is 1.41 bits per heavy atom. The van der Waals surface area contributed by atoms with Crippen molar-refractivity contribution in [3.8, 4) is 5.75 Å². The van der Waals surface area contributed by atoms with Gasteiger partial charge in [0.2, 0.25) is 5.91 Å². The molecule has 1 aromatic carbocycles. The van der Waals surface area contributed by atoms with E-state index in [9.17, 15) is 9.18 Å². The van der Waals surface area contributed by atoms with Crippen LogP contribution in [0, 0.1) is 5.82 Å². The molecule has 0 radical (unpaired) electrons. The van der Waals surface area contributed by atoms with Gasteiger partial charge in [0.15, 0.2) is 0 Å². The molecule has 3 rings (SSSR count). The van der Waals surface area contributed by atoms with Crippen molar-refractivity contribution in [3.63, 3.8) is 0 Å². The molecule has 2 heterocycles. The molecule has 0 aliphatic carbocycles. The van der Waals surface area contributed by atoms with Crippen molar-refractivity contribution in [1.82, 2.24) is 15.2 Å². The number of rotatable bonds is 7. The summed E-state index contributed by atoms with van der Waals surface area (Å²) < 4.78 is 24.7. The molecule has 0 bridgehead atoms. The first-order valence-electron chi connectivity index (χ1n) is 8.97. The average Bonchev–Trinajstić information content (AvgIpc) is 2.64. The van der Waals surface area contributed by atoms with Gasteiger partial charge in [-0.05, 0) is 30.8 Å². The first-order chi connectivity index (χ1) is 13.1. The monoisotopic (exact) mass is 373 g/mol. The van der Waals surface area contributed by atoms with E-state index in [1.54, 1.807) is 24.5 Å². The van der Waals surface area contributed by atoms with E-state index in [2.05, 4.69) is 10.3 Å². The molecule has 0 spiro atoms. The highest BCUT2D eigenvalue weighted by molar-refractivity contribution is 5.78. The normalized spacial score (nSPS) is 19.7. The largest absolute Gasteiger partial charge is 0.488 e. The van der Waals surface area contributed by atoms with E-state index in [1.165, 1.54) is 12.1 Å². The van der Waals surface area contributed by atoms with Gasteiger partial charge in [-0.25, -0.2) is 4.39 Å². The molecule has 2 unspecified atom stereocenters. The zero-order valence-corrected chi connectivity index (χ0v) is 15.3. The van der Waals surface area contributed by atoms with Crippen molar-refractivity contribution in [3.05, 3.63) is 60.2 Å². The quantitative estimate of drug-likeness (QED) is 0.804. The maximum absolute atomic E-state index is 13.4. The van der Waals surface area contributed by atoms with Crippen molar-refractivity contribution in [2.45, 2.75) is 25.1 Å². The van der Waals surface area contributed by atoms with Gasteiger partial charge in [-0.1, -0.05) is 12.1 Å². The van der Waals surface area contributed by atoms with Gasteiger partial charge in [0.05, 0.1) is 25.8 Å². The number of hydrogen-bond donors (Lipinski definition) is 1. The van der Waals surface area contributed by atoms with Gasteiger partial charge in [0.1, 0.15) is 17.7 Å². The number of carbonyl (C=O) groups excluding carboxylic acids is 1. The fourth-order valence-corrected chi connectivity index (χ4v) is 3.07. The summed E-state index contributed by atoms with van der Waals surface area (Å²) in [5, 5.41) is 2.98. The van der Waals surface area contributed by atoms with E-state index in [-0.39, 0.29) is 30.4 Å². The van der Waals surface area contributed by atoms with Crippen molar-refractivity contribution in [2.75, 3.05) is 26.8 Å². The second-order valence-corrected chi connectivity index (χ2v) is 6.68. The Kier molecular flexibility index (Phi) is 6.73. The number of hydrogen-bond acceptors (Lipinski definition) is 5. The molecular formula is C20H24FN3O3. The number of ether oxygens (including phenoxy) is 2. The van der Waals surface area contributed by atoms with Crippen LogP contribution in [0.1, 0.15) is 12.0 Å². The van der Waals surface area contributed by atoms with E-state index < -0.39 is 0 Å². The lowest BCUT2D eigenvalue weighted by Gasteiger charge is -2.32. The van der Waals surface area contributed by atoms with Crippen LogP contribution < -0.4 is 10.1 Å². The maximum atomic E-state index is 13.4. The third-order valence-corrected chi connectivity index (χ3v) is 4.31. The smallest absolute Gasteiger partial charge is 0.234 e. The summed E-state index contributed by atoms with van der Waals surface area (Å²) in [7, 11) is 1.88. The van der Waals surface area contributed by atoms with E-state index in [4.69, 9.17) is 9.47 Å². The number of halogens is 1. The van der Waals surface area contributed by atoms with Crippen molar-refractivity contribution >= 4 is 5.91 Å². The van der Waals surface area contributed by atoms with Gasteiger partial charge in [-0.2, -0.15) is 0 Å². The minimum absolute atomic E-state index is 0.107. The second kappa shape index (κ2) is 9.43. The predicted octanol–water partition coefficient (Wildman–Crippen LogP) is 2.01. The number of benzene rings is 1. The number of nitrogens with zero attached hydrogens (tertiary/aromatic N) is 2. The summed E-state index contributed by atoms with van der Waals surface area (Å²) in [5.74, 6) is -0.00301. The van der Waals surface area contributed by atoms with Gasteiger partial charge in [0, 0.05) is 31.4 Å². The summed E-state index contributed by atoms with van der Waals surface area (Å²) in [6.45, 7) is 1.80. The second-order valence-electron chi connectivity index (χ2n) is 6.68. The van der Waals surface area contributed by atoms with Crippen LogP contribution in [0.3, 0.4) is 0 Å². The lowest BCUT2D eigenvalue weighted by atomic mass is 10.1. The highest BCUT2D eigenvalue weighted by Crippen LogP contribution is 2.19. The average molecular weight is 373 g/mol. The van der Waals surface area contributed by atoms with E-state index >= 15 is 0 Å². The van der Waals surface area contributed by atoms with E-state index in [1.807, 2.05) is 24.1 Å². The van der Waals surface area contributed by atoms with E-state index in [0.717, 1.165) is 5.56 Å². The summed E-state index contributed by atoms with van der Waals surface area (Å²) in [6.07, 6.45) is 3.88. The molecule has 0 saturated carbocycles. The molecule has 144 valence electrons. The van der Waals surface area contributed by atoms with Crippen LogP contribution in [-0.4, -0.2) is 54.7 Å². The number of pyridine rings is 1. The van der Waals surface area contributed by atoms with E-state index in [0.29, 0.717) is 31.9 Å². The van der Waals surface area contributed by atoms with Gasteiger partial charge in [0.25, 0.3) is 0 Å². The molecule has 1 fully saturated rings. The van der Waals surface area contributed by atoms with Crippen LogP contribution in [-0.2, 0) is 16.1 Å². The molecule has 1 amide bonds. The van der Waals surface area contributed by atoms with Gasteiger partial charge in [-0.15, -0.1) is 0 Å². The Morgan fingerprint density at radius 2 is 2.30 bits per heavy atom. The van der Waals surface area contributed by atoms with Gasteiger partial charge < -0.3 is 14.8 Å². The number of nitrogens with one attached hydrogen (secondary N) is 1. The number of likely N-dealkylation sites (N-methyl/N-ethyl adjacent to an activating group) is 1. The molecule has 2 atom stereocenters. The third-order valence-electron chi connectivity index (χ3n) is 4.31. The number of aromatic nitrogens is 1. The lowest BCUT2D eigenvalue weighted by molar-refractivity contribution is -0.125. The van der Waals surface area contributed by atoms with Crippen LogP contribution in [0.2, 0.25) is 0 Å². The fourth-order valence-electron chi connectivity index (χ4n) is 3.07. The third kappa shape index (κ3) is 6.01. The molecule has 7 heteroatoms. The summed E-state index contributed by atoms with van der Waals surface area (Å²) in [6, 6.07) is 9.59. The Morgan fingerprint density at radius 3 is 3.07 bits per heavy atom. The van der Waals surface area contributed by atoms with Crippen molar-refractivity contribution in [2.24, 2.45) is 0 Å². The molecule has 1 aliphatic rings. The molecule has 1 aliphatic heterocycles. The van der Waals surface area contributed by atoms with Crippen LogP contribution in [0.25, 0.3) is 0 Å². The Labute approximate surface area is 158 Å². The van der Waals surface area contributed by atoms with Gasteiger partial charge in [-0.3, -0.25) is 14.7 Å². The minimum Gasteiger partial charge on any atom is -0.488 e. The molecule has 1 N–H and O–H groups in total. The minimum atomic E-state index is -0.350. The maximum Gasteiger partial charge on any atom is 0.234 e. The van der Waals surface area contributed by atoms with Crippen LogP contribution in [0.5, 0.6) is 5.75 Å². The molecule has 1 aromatic heterocycles. The number of amides is 1. The lowest BCUT2D eigenvalue weighted by Crippen LogP contribution is -2.53. The zero-order chi connectivity index (χ0) is 19.1. The fraction of sp³-hybridized carbons (Fsp3) is 0.400. The summed E-state index contributed by atoms with van der Waals surface area (Å²) in [5.41, 5.74) is 1.04. The predicted molar refractivity (Wildman–Crippen MR) is 98.8 cm³/mol. The molecule has 1 saturated heterocycles. The molecule has 6 nitrogen and oxygen atoms in total. The SMILES string of the molecule is CN(CC(=O)NC1COCCC1Oc1cccc(F)c1)Cc1cccnc1. The molecule has 2 aromatic rings. The Bertz CT molecular complexity index is 744. The zero-order valence-electron chi connectivity index (χ0n) is 15.3. The van der Waals surface area contributed by atoms with Crippen LogP contribution in [0.15, 0.2) is 48.8 Å². The van der Waals surface area contributed by atoms with Crippen LogP contribution in [0.4, 0.5) is 4.39 Å².